The van der Waals surface area contributed by atoms with Crippen molar-refractivity contribution in [2.45, 2.75) is 13.0 Å². The van der Waals surface area contributed by atoms with Crippen LogP contribution in [0.4, 0.5) is 5.13 Å². The summed E-state index contributed by atoms with van der Waals surface area (Å²) in [6.07, 6.45) is 1.63. The highest BCUT2D eigenvalue weighted by Gasteiger charge is 2.11. The Morgan fingerprint density at radius 2 is 1.97 bits per heavy atom. The van der Waals surface area contributed by atoms with Gasteiger partial charge in [-0.3, -0.25) is 14.2 Å². The van der Waals surface area contributed by atoms with Gasteiger partial charge in [0.15, 0.2) is 5.13 Å². The number of aryl methyl sites for hydroxylation is 1. The number of hydrogen-bond donors (Lipinski definition) is 1. The summed E-state index contributed by atoms with van der Waals surface area (Å²) in [7, 11) is 0. The lowest BCUT2D eigenvalue weighted by molar-refractivity contribution is -0.116. The van der Waals surface area contributed by atoms with Crippen molar-refractivity contribution in [3.05, 3.63) is 76.7 Å². The standard InChI is InChI=1S/C22H16N4O3S2/c27-19(8-10-26-13-23-20-16(21(26)28)9-11-30-20)25-22-24-17-7-6-15(12-18(17)31-22)29-14-4-2-1-3-5-14/h1-7,9,11-13H,8,10H2,(H,24,25,27). The summed E-state index contributed by atoms with van der Waals surface area (Å²) in [5.74, 6) is 1.25. The van der Waals surface area contributed by atoms with Gasteiger partial charge in [0.1, 0.15) is 16.3 Å². The van der Waals surface area contributed by atoms with E-state index < -0.39 is 0 Å². The number of nitrogens with zero attached hydrogens (tertiary/aromatic N) is 3. The Balaban J connectivity index is 1.25. The normalized spacial score (nSPS) is 11.1. The van der Waals surface area contributed by atoms with Crippen molar-refractivity contribution in [1.82, 2.24) is 14.5 Å². The predicted octanol–water partition coefficient (Wildman–Crippen LogP) is 4.89. The molecule has 31 heavy (non-hydrogen) atoms. The number of nitrogens with one attached hydrogen (secondary N) is 1. The van der Waals surface area contributed by atoms with Crippen molar-refractivity contribution in [2.24, 2.45) is 0 Å². The molecule has 0 aliphatic heterocycles. The number of ether oxygens (including phenoxy) is 1. The molecule has 5 rings (SSSR count). The number of carbonyl (C=O) groups excluding carboxylic acids is 1. The number of carbonyl (C=O) groups is 1. The molecule has 5 aromatic rings. The maximum atomic E-state index is 12.4. The van der Waals surface area contributed by atoms with E-state index in [9.17, 15) is 9.59 Å². The van der Waals surface area contributed by atoms with Gasteiger partial charge in [0.25, 0.3) is 5.56 Å². The van der Waals surface area contributed by atoms with E-state index in [2.05, 4.69) is 15.3 Å². The number of para-hydroxylation sites is 1. The minimum absolute atomic E-state index is 0.134. The molecular weight excluding hydrogens is 432 g/mol. The van der Waals surface area contributed by atoms with Crippen LogP contribution in [0.5, 0.6) is 11.5 Å². The van der Waals surface area contributed by atoms with Gasteiger partial charge >= 0.3 is 0 Å². The van der Waals surface area contributed by atoms with Crippen molar-refractivity contribution in [2.75, 3.05) is 5.32 Å². The zero-order chi connectivity index (χ0) is 21.2. The second-order valence-corrected chi connectivity index (χ2v) is 8.67. The summed E-state index contributed by atoms with van der Waals surface area (Å²) >= 11 is 2.80. The van der Waals surface area contributed by atoms with Crippen LogP contribution in [0.25, 0.3) is 20.4 Å². The van der Waals surface area contributed by atoms with Crippen LogP contribution in [0.15, 0.2) is 71.1 Å². The molecule has 2 aromatic carbocycles. The second-order valence-electron chi connectivity index (χ2n) is 6.74. The van der Waals surface area contributed by atoms with Crippen LogP contribution in [0.3, 0.4) is 0 Å². The zero-order valence-corrected chi connectivity index (χ0v) is 17.8. The van der Waals surface area contributed by atoms with Crippen molar-refractivity contribution in [3.8, 4) is 11.5 Å². The summed E-state index contributed by atoms with van der Waals surface area (Å²) < 4.78 is 8.22. The zero-order valence-electron chi connectivity index (χ0n) is 16.1. The molecule has 154 valence electrons. The molecule has 0 spiro atoms. The van der Waals surface area contributed by atoms with E-state index in [1.807, 2.05) is 53.9 Å². The fraction of sp³-hybridized carbons (Fsp3) is 0.0909. The average Bonchev–Trinajstić information content (AvgIpc) is 3.40. The van der Waals surface area contributed by atoms with Gasteiger partial charge in [-0.25, -0.2) is 9.97 Å². The fourth-order valence-electron chi connectivity index (χ4n) is 3.10. The van der Waals surface area contributed by atoms with E-state index in [4.69, 9.17) is 4.74 Å². The van der Waals surface area contributed by atoms with E-state index in [0.29, 0.717) is 21.1 Å². The van der Waals surface area contributed by atoms with Crippen LogP contribution in [0.1, 0.15) is 6.42 Å². The summed E-state index contributed by atoms with van der Waals surface area (Å²) in [5.41, 5.74) is 0.647. The molecule has 1 N–H and O–H groups in total. The topological polar surface area (TPSA) is 86.1 Å². The SMILES string of the molecule is O=C(CCn1cnc2sccc2c1=O)Nc1nc2ccc(Oc3ccccc3)cc2s1. The monoisotopic (exact) mass is 448 g/mol. The Bertz CT molecular complexity index is 1440. The minimum atomic E-state index is -0.211. The molecule has 0 radical (unpaired) electrons. The molecule has 0 unspecified atom stereocenters. The number of aromatic nitrogens is 3. The van der Waals surface area contributed by atoms with E-state index in [1.54, 1.807) is 6.07 Å². The summed E-state index contributed by atoms with van der Waals surface area (Å²) in [4.78, 5) is 34.2. The first kappa shape index (κ1) is 19.4. The number of thiophene rings is 1. The number of hydrogen-bond acceptors (Lipinski definition) is 7. The molecule has 0 aliphatic rings. The smallest absolute Gasteiger partial charge is 0.262 e. The molecule has 0 fully saturated rings. The molecule has 0 saturated heterocycles. The lowest BCUT2D eigenvalue weighted by Crippen LogP contribution is -2.23. The van der Waals surface area contributed by atoms with Gasteiger partial charge in [-0.05, 0) is 35.7 Å². The molecule has 0 atom stereocenters. The molecule has 9 heteroatoms. The fourth-order valence-corrected chi connectivity index (χ4v) is 4.74. The third-order valence-corrected chi connectivity index (χ3v) is 6.37. The average molecular weight is 449 g/mol. The first-order valence-corrected chi connectivity index (χ1v) is 11.2. The Hall–Kier alpha value is -3.56. The summed E-state index contributed by atoms with van der Waals surface area (Å²) in [6.45, 7) is 0.253. The highest BCUT2D eigenvalue weighted by molar-refractivity contribution is 7.22. The van der Waals surface area contributed by atoms with Crippen LogP contribution in [0, 0.1) is 0 Å². The lowest BCUT2D eigenvalue weighted by atomic mass is 10.3. The number of rotatable bonds is 6. The third kappa shape index (κ3) is 4.18. The minimum Gasteiger partial charge on any atom is -0.457 e. The molecule has 3 heterocycles. The first-order valence-electron chi connectivity index (χ1n) is 9.52. The molecule has 1 amide bonds. The molecule has 0 bridgehead atoms. The lowest BCUT2D eigenvalue weighted by Gasteiger charge is -2.05. The maximum absolute atomic E-state index is 12.4. The Morgan fingerprint density at radius 1 is 1.10 bits per heavy atom. The van der Waals surface area contributed by atoms with Crippen molar-refractivity contribution in [1.29, 1.82) is 0 Å². The van der Waals surface area contributed by atoms with E-state index in [1.165, 1.54) is 33.6 Å². The predicted molar refractivity (Wildman–Crippen MR) is 123 cm³/mol. The van der Waals surface area contributed by atoms with Gasteiger partial charge in [-0.2, -0.15) is 0 Å². The van der Waals surface area contributed by atoms with Crippen LogP contribution < -0.4 is 15.6 Å². The number of amides is 1. The van der Waals surface area contributed by atoms with Crippen LogP contribution in [-0.2, 0) is 11.3 Å². The highest BCUT2D eigenvalue weighted by Crippen LogP contribution is 2.31. The van der Waals surface area contributed by atoms with Gasteiger partial charge in [-0.15, -0.1) is 11.3 Å². The van der Waals surface area contributed by atoms with Gasteiger partial charge in [-0.1, -0.05) is 29.5 Å². The van der Waals surface area contributed by atoms with Crippen molar-refractivity contribution in [3.63, 3.8) is 0 Å². The quantitative estimate of drug-likeness (QED) is 0.400. The van der Waals surface area contributed by atoms with Crippen LogP contribution >= 0.6 is 22.7 Å². The Morgan fingerprint density at radius 3 is 2.84 bits per heavy atom. The van der Waals surface area contributed by atoms with Gasteiger partial charge < -0.3 is 10.1 Å². The number of thiazole rings is 1. The Labute approximate surface area is 184 Å². The molecule has 3 aromatic heterocycles. The van der Waals surface area contributed by atoms with E-state index >= 15 is 0 Å². The number of anilines is 1. The second kappa shape index (κ2) is 8.29. The highest BCUT2D eigenvalue weighted by atomic mass is 32.1. The largest absolute Gasteiger partial charge is 0.457 e. The van der Waals surface area contributed by atoms with Crippen LogP contribution in [0.2, 0.25) is 0 Å². The Kier molecular flexibility index (Phi) is 5.19. The van der Waals surface area contributed by atoms with E-state index in [-0.39, 0.29) is 24.4 Å². The molecule has 7 nitrogen and oxygen atoms in total. The maximum Gasteiger partial charge on any atom is 0.262 e. The van der Waals surface area contributed by atoms with Crippen LogP contribution in [-0.4, -0.2) is 20.4 Å². The van der Waals surface area contributed by atoms with Gasteiger partial charge in [0, 0.05) is 19.0 Å². The van der Waals surface area contributed by atoms with Crippen molar-refractivity contribution >= 4 is 54.1 Å². The molecule has 0 saturated carbocycles. The third-order valence-electron chi connectivity index (χ3n) is 4.62. The number of benzene rings is 2. The number of fused-ring (bicyclic) bond motifs is 2. The first-order chi connectivity index (χ1) is 15.2. The van der Waals surface area contributed by atoms with Gasteiger partial charge in [0.05, 0.1) is 21.9 Å². The molecule has 0 aliphatic carbocycles. The summed E-state index contributed by atoms with van der Waals surface area (Å²) in [5, 5.41) is 5.74. The molecular formula is C22H16N4O3S2. The van der Waals surface area contributed by atoms with E-state index in [0.717, 1.165) is 16.0 Å². The van der Waals surface area contributed by atoms with Gasteiger partial charge in [0.2, 0.25) is 5.91 Å². The van der Waals surface area contributed by atoms with Crippen molar-refractivity contribution < 1.29 is 9.53 Å². The summed E-state index contributed by atoms with van der Waals surface area (Å²) in [6, 6.07) is 16.9.